The van der Waals surface area contributed by atoms with Crippen LogP contribution >= 0.6 is 0 Å². The maximum absolute atomic E-state index is 12.9. The van der Waals surface area contributed by atoms with Gasteiger partial charge in [0.25, 0.3) is 11.6 Å². The first-order chi connectivity index (χ1) is 14.1. The highest BCUT2D eigenvalue weighted by molar-refractivity contribution is 5.99. The molecule has 1 aromatic carbocycles. The Morgan fingerprint density at radius 1 is 1.37 bits per heavy atom. The number of nitro benzene ring substituents is 1. The van der Waals surface area contributed by atoms with Gasteiger partial charge in [-0.05, 0) is 31.4 Å². The molecule has 1 heterocycles. The van der Waals surface area contributed by atoms with Crippen LogP contribution in [0.2, 0.25) is 0 Å². The monoisotopic (exact) mass is 431 g/mol. The number of hydrogen-bond donors (Lipinski definition) is 1. The number of alkyl halides is 3. The van der Waals surface area contributed by atoms with Crippen molar-refractivity contribution in [3.8, 4) is 5.75 Å². The Bertz CT molecular complexity index is 785. The van der Waals surface area contributed by atoms with Crippen molar-refractivity contribution in [2.75, 3.05) is 26.2 Å². The molecule has 8 nitrogen and oxygen atoms in total. The van der Waals surface area contributed by atoms with Gasteiger partial charge in [-0.1, -0.05) is 13.3 Å². The normalized spacial score (nSPS) is 16.8. The number of unbranched alkanes of at least 4 members (excludes halogenated alkanes) is 1. The van der Waals surface area contributed by atoms with Crippen molar-refractivity contribution in [1.82, 2.24) is 10.2 Å². The van der Waals surface area contributed by atoms with Crippen LogP contribution in [-0.4, -0.2) is 54.1 Å². The van der Waals surface area contributed by atoms with E-state index >= 15 is 0 Å². The SMILES string of the molecule is CCCCNC(=O)C1CCCN(C(=O)c2cc(OCC(F)(F)F)ccc2[N+](=O)[O-])C1. The van der Waals surface area contributed by atoms with Gasteiger partial charge in [-0.15, -0.1) is 0 Å². The number of hydrogen-bond acceptors (Lipinski definition) is 5. The summed E-state index contributed by atoms with van der Waals surface area (Å²) in [4.78, 5) is 37.1. The van der Waals surface area contributed by atoms with E-state index in [1.54, 1.807) is 0 Å². The van der Waals surface area contributed by atoms with Crippen molar-refractivity contribution < 1.29 is 32.4 Å². The molecule has 1 aliphatic rings. The molecule has 0 bridgehead atoms. The molecule has 2 rings (SSSR count). The quantitative estimate of drug-likeness (QED) is 0.387. The van der Waals surface area contributed by atoms with Gasteiger partial charge in [-0.2, -0.15) is 13.2 Å². The van der Waals surface area contributed by atoms with Gasteiger partial charge in [0.1, 0.15) is 11.3 Å². The molecule has 0 aliphatic carbocycles. The predicted molar refractivity (Wildman–Crippen MR) is 101 cm³/mol. The van der Waals surface area contributed by atoms with E-state index in [4.69, 9.17) is 0 Å². The summed E-state index contributed by atoms with van der Waals surface area (Å²) in [5, 5.41) is 14.1. The number of likely N-dealkylation sites (tertiary alicyclic amines) is 1. The minimum absolute atomic E-state index is 0.0849. The van der Waals surface area contributed by atoms with Gasteiger partial charge < -0.3 is 15.0 Å². The second-order valence-electron chi connectivity index (χ2n) is 7.07. The maximum atomic E-state index is 12.9. The van der Waals surface area contributed by atoms with Crippen molar-refractivity contribution in [3.63, 3.8) is 0 Å². The van der Waals surface area contributed by atoms with Crippen LogP contribution in [0.3, 0.4) is 0 Å². The molecule has 1 N–H and O–H groups in total. The molecular weight excluding hydrogens is 407 g/mol. The number of carbonyl (C=O) groups is 2. The van der Waals surface area contributed by atoms with Crippen LogP contribution in [0.5, 0.6) is 5.75 Å². The summed E-state index contributed by atoms with van der Waals surface area (Å²) in [5.41, 5.74) is -0.902. The van der Waals surface area contributed by atoms with Gasteiger partial charge in [-0.3, -0.25) is 19.7 Å². The first-order valence-electron chi connectivity index (χ1n) is 9.67. The lowest BCUT2D eigenvalue weighted by Gasteiger charge is -2.32. The second-order valence-corrected chi connectivity index (χ2v) is 7.07. The van der Waals surface area contributed by atoms with E-state index in [0.717, 1.165) is 31.0 Å². The van der Waals surface area contributed by atoms with E-state index in [2.05, 4.69) is 10.1 Å². The van der Waals surface area contributed by atoms with Crippen molar-refractivity contribution in [2.45, 2.75) is 38.8 Å². The first-order valence-corrected chi connectivity index (χ1v) is 9.67. The van der Waals surface area contributed by atoms with Crippen molar-refractivity contribution in [3.05, 3.63) is 33.9 Å². The standard InChI is InChI=1S/C19H24F3N3O5/c1-2-3-8-23-17(26)13-5-4-9-24(11-13)18(27)15-10-14(30-12-19(20,21)22)6-7-16(15)25(28)29/h6-7,10,13H,2-5,8-9,11-12H2,1H3,(H,23,26). The van der Waals surface area contributed by atoms with Crippen LogP contribution in [0.4, 0.5) is 18.9 Å². The third-order valence-corrected chi connectivity index (χ3v) is 4.71. The number of halogens is 3. The zero-order valence-corrected chi connectivity index (χ0v) is 16.5. The molecule has 1 aromatic rings. The van der Waals surface area contributed by atoms with Gasteiger partial charge in [0.15, 0.2) is 6.61 Å². The molecule has 11 heteroatoms. The summed E-state index contributed by atoms with van der Waals surface area (Å²) >= 11 is 0. The summed E-state index contributed by atoms with van der Waals surface area (Å²) in [6, 6.07) is 2.90. The molecule has 1 unspecified atom stereocenters. The van der Waals surface area contributed by atoms with E-state index in [9.17, 15) is 32.9 Å². The number of nitro groups is 1. The molecular formula is C19H24F3N3O5. The van der Waals surface area contributed by atoms with Crippen LogP contribution in [0.15, 0.2) is 18.2 Å². The predicted octanol–water partition coefficient (Wildman–Crippen LogP) is 3.30. The number of piperidine rings is 1. The largest absolute Gasteiger partial charge is 0.484 e. The molecule has 2 amide bonds. The van der Waals surface area contributed by atoms with Gasteiger partial charge in [0, 0.05) is 25.7 Å². The highest BCUT2D eigenvalue weighted by Gasteiger charge is 2.33. The molecule has 1 fully saturated rings. The van der Waals surface area contributed by atoms with E-state index in [-0.39, 0.29) is 23.8 Å². The Labute approximate surface area is 171 Å². The number of nitrogens with one attached hydrogen (secondary N) is 1. The van der Waals surface area contributed by atoms with E-state index in [0.29, 0.717) is 25.9 Å². The maximum Gasteiger partial charge on any atom is 0.422 e. The lowest BCUT2D eigenvalue weighted by atomic mass is 9.96. The lowest BCUT2D eigenvalue weighted by molar-refractivity contribution is -0.385. The summed E-state index contributed by atoms with van der Waals surface area (Å²) in [6.45, 7) is 1.32. The fraction of sp³-hybridized carbons (Fsp3) is 0.579. The molecule has 1 saturated heterocycles. The fourth-order valence-corrected chi connectivity index (χ4v) is 3.18. The summed E-state index contributed by atoms with van der Waals surface area (Å²) in [6.07, 6.45) is -1.71. The Kier molecular flexibility index (Phi) is 8.01. The fourth-order valence-electron chi connectivity index (χ4n) is 3.18. The molecule has 0 saturated carbocycles. The topological polar surface area (TPSA) is 102 Å². The smallest absolute Gasteiger partial charge is 0.422 e. The highest BCUT2D eigenvalue weighted by Crippen LogP contribution is 2.28. The van der Waals surface area contributed by atoms with Crippen LogP contribution in [-0.2, 0) is 4.79 Å². The second kappa shape index (κ2) is 10.3. The molecule has 1 aliphatic heterocycles. The average molecular weight is 431 g/mol. The lowest BCUT2D eigenvalue weighted by Crippen LogP contribution is -2.45. The Morgan fingerprint density at radius 3 is 2.73 bits per heavy atom. The minimum Gasteiger partial charge on any atom is -0.484 e. The average Bonchev–Trinajstić information content (AvgIpc) is 2.71. The van der Waals surface area contributed by atoms with Crippen molar-refractivity contribution >= 4 is 17.5 Å². The van der Waals surface area contributed by atoms with Gasteiger partial charge in [0.2, 0.25) is 5.91 Å². The zero-order valence-electron chi connectivity index (χ0n) is 16.5. The summed E-state index contributed by atoms with van der Waals surface area (Å²) < 4.78 is 41.8. The number of benzene rings is 1. The molecule has 166 valence electrons. The van der Waals surface area contributed by atoms with Crippen LogP contribution < -0.4 is 10.1 Å². The Balaban J connectivity index is 2.16. The van der Waals surface area contributed by atoms with E-state index in [1.807, 2.05) is 6.92 Å². The molecule has 0 aromatic heterocycles. The van der Waals surface area contributed by atoms with Gasteiger partial charge in [-0.25, -0.2) is 0 Å². The molecule has 30 heavy (non-hydrogen) atoms. The van der Waals surface area contributed by atoms with Gasteiger partial charge in [0.05, 0.1) is 10.8 Å². The first kappa shape index (κ1) is 23.4. The Morgan fingerprint density at radius 2 is 2.10 bits per heavy atom. The van der Waals surface area contributed by atoms with Crippen LogP contribution in [0.25, 0.3) is 0 Å². The summed E-state index contributed by atoms with van der Waals surface area (Å²) in [7, 11) is 0. The minimum atomic E-state index is -4.59. The van der Waals surface area contributed by atoms with Crippen LogP contribution in [0.1, 0.15) is 43.0 Å². The molecule has 0 radical (unpaired) electrons. The number of carbonyl (C=O) groups excluding carboxylic acids is 2. The van der Waals surface area contributed by atoms with Gasteiger partial charge >= 0.3 is 6.18 Å². The molecule has 1 atom stereocenters. The third kappa shape index (κ3) is 6.60. The molecule has 0 spiro atoms. The number of rotatable bonds is 8. The third-order valence-electron chi connectivity index (χ3n) is 4.71. The highest BCUT2D eigenvalue weighted by atomic mass is 19.4. The van der Waals surface area contributed by atoms with Crippen LogP contribution in [0, 0.1) is 16.0 Å². The zero-order chi connectivity index (χ0) is 22.3. The number of amides is 2. The summed E-state index contributed by atoms with van der Waals surface area (Å²) in [5.74, 6) is -1.64. The number of nitrogens with zero attached hydrogens (tertiary/aromatic N) is 2. The van der Waals surface area contributed by atoms with Crippen molar-refractivity contribution in [1.29, 1.82) is 0 Å². The van der Waals surface area contributed by atoms with Crippen molar-refractivity contribution in [2.24, 2.45) is 5.92 Å². The number of ether oxygens (including phenoxy) is 1. The Hall–Kier alpha value is -2.85. The van der Waals surface area contributed by atoms with E-state index < -0.39 is 35.2 Å². The van der Waals surface area contributed by atoms with E-state index in [1.165, 1.54) is 4.90 Å².